The molecule has 0 bridgehead atoms. The summed E-state index contributed by atoms with van der Waals surface area (Å²) in [6.07, 6.45) is 37.5. The minimum Gasteiger partial charge on any atom is -0.462 e. The number of esters is 2. The van der Waals surface area contributed by atoms with E-state index in [4.69, 9.17) is 18.5 Å². The Hall–Kier alpha value is -3.23. The summed E-state index contributed by atoms with van der Waals surface area (Å²) in [5.74, 6) is -1.19. The molecule has 0 radical (unpaired) electrons. The minimum atomic E-state index is -5.14. The Kier molecular flexibility index (Phi) is 34.9. The van der Waals surface area contributed by atoms with Crippen molar-refractivity contribution in [2.24, 2.45) is 0 Å². The Bertz CT molecular complexity index is 1470. The van der Waals surface area contributed by atoms with Crippen molar-refractivity contribution < 1.29 is 63.1 Å². The van der Waals surface area contributed by atoms with Gasteiger partial charge in [-0.1, -0.05) is 143 Å². The van der Waals surface area contributed by atoms with E-state index in [9.17, 15) is 44.6 Å². The van der Waals surface area contributed by atoms with E-state index in [-0.39, 0.29) is 12.8 Å². The number of ether oxygens (including phenoxy) is 2. The lowest BCUT2D eigenvalue weighted by Crippen LogP contribution is -2.64. The number of phosphoric acid groups is 1. The standard InChI is InChI=1S/C49H79O13P/c1-3-5-7-9-11-13-15-17-19-21-23-25-27-29-31-33-35-37-42(50)59-39-41(40-60-63(57,58)62-49-47(55)45(53)44(52)46(54)48(49)56)61-43(51)38-36-34-32-30-28-26-24-22-20-18-16-14-12-10-8-6-4-2/h5-8,11-14,17-20,24,26,30,32,41,44-49,52-56H,3-4,9-10,15-16,21-23,25,27-29,31,33-40H2,1-2H3,(H,57,58)/b7-5-,8-6-,13-11-,14-12-,19-17-,20-18-,26-24-,32-30-. The topological polar surface area (TPSA) is 210 Å². The molecule has 0 spiro atoms. The first-order valence-corrected chi connectivity index (χ1v) is 24.5. The number of aliphatic hydroxyl groups excluding tert-OH is 5. The molecule has 358 valence electrons. The molecule has 0 aromatic rings. The zero-order valence-corrected chi connectivity index (χ0v) is 38.7. The number of carbonyl (C=O) groups is 2. The third-order valence-corrected chi connectivity index (χ3v) is 10.9. The second-order valence-electron chi connectivity index (χ2n) is 15.5. The molecule has 6 unspecified atom stereocenters. The van der Waals surface area contributed by atoms with Gasteiger partial charge in [0, 0.05) is 12.8 Å². The first kappa shape index (κ1) is 57.8. The smallest absolute Gasteiger partial charge is 0.462 e. The molecule has 1 rings (SSSR count). The number of hydrogen-bond donors (Lipinski definition) is 6. The fourth-order valence-electron chi connectivity index (χ4n) is 6.28. The highest BCUT2D eigenvalue weighted by Crippen LogP contribution is 2.47. The van der Waals surface area contributed by atoms with Crippen LogP contribution in [0.5, 0.6) is 0 Å². The van der Waals surface area contributed by atoms with Gasteiger partial charge < -0.3 is 39.9 Å². The monoisotopic (exact) mass is 907 g/mol. The van der Waals surface area contributed by atoms with E-state index < -0.39 is 75.7 Å². The molecule has 1 aliphatic rings. The number of carbonyl (C=O) groups excluding carboxylic acids is 2. The maximum Gasteiger partial charge on any atom is 0.472 e. The molecule has 1 fully saturated rings. The molecule has 0 saturated heterocycles. The third-order valence-electron chi connectivity index (χ3n) is 9.92. The highest BCUT2D eigenvalue weighted by Gasteiger charge is 2.51. The Morgan fingerprint density at radius 2 is 0.873 bits per heavy atom. The number of allylic oxidation sites excluding steroid dienone is 16. The molecular formula is C49H79O13P. The quantitative estimate of drug-likeness (QED) is 0.0150. The number of rotatable bonds is 36. The van der Waals surface area contributed by atoms with Crippen molar-refractivity contribution in [3.8, 4) is 0 Å². The van der Waals surface area contributed by atoms with Crippen molar-refractivity contribution in [3.05, 3.63) is 97.2 Å². The van der Waals surface area contributed by atoms with Gasteiger partial charge in [-0.15, -0.1) is 0 Å². The fourth-order valence-corrected chi connectivity index (χ4v) is 7.25. The van der Waals surface area contributed by atoms with Crippen LogP contribution < -0.4 is 0 Å². The van der Waals surface area contributed by atoms with Gasteiger partial charge in [0.2, 0.25) is 0 Å². The van der Waals surface area contributed by atoms with Gasteiger partial charge in [-0.2, -0.15) is 0 Å². The molecular weight excluding hydrogens is 828 g/mol. The highest BCUT2D eigenvalue weighted by molar-refractivity contribution is 7.47. The maximum absolute atomic E-state index is 12.8. The molecule has 1 aliphatic carbocycles. The summed E-state index contributed by atoms with van der Waals surface area (Å²) < 4.78 is 33.5. The van der Waals surface area contributed by atoms with Crippen LogP contribution in [0.15, 0.2) is 97.2 Å². The minimum absolute atomic E-state index is 0.0102. The molecule has 0 heterocycles. The van der Waals surface area contributed by atoms with Gasteiger partial charge in [-0.3, -0.25) is 18.6 Å². The summed E-state index contributed by atoms with van der Waals surface area (Å²) in [5, 5.41) is 50.2. The molecule has 63 heavy (non-hydrogen) atoms. The Morgan fingerprint density at radius 1 is 0.492 bits per heavy atom. The lowest BCUT2D eigenvalue weighted by Gasteiger charge is -2.41. The first-order valence-electron chi connectivity index (χ1n) is 23.0. The van der Waals surface area contributed by atoms with Crippen LogP contribution in [0.25, 0.3) is 0 Å². The van der Waals surface area contributed by atoms with E-state index in [1.54, 1.807) is 0 Å². The van der Waals surface area contributed by atoms with E-state index in [1.807, 2.05) is 12.2 Å². The average molecular weight is 907 g/mol. The Labute approximate surface area is 377 Å². The van der Waals surface area contributed by atoms with Crippen LogP contribution in [-0.2, 0) is 32.7 Å². The Balaban J connectivity index is 2.51. The number of hydrogen-bond acceptors (Lipinski definition) is 12. The van der Waals surface area contributed by atoms with Crippen molar-refractivity contribution in [3.63, 3.8) is 0 Å². The summed E-state index contributed by atoms with van der Waals surface area (Å²) in [6.45, 7) is 3.00. The normalized spacial score (nSPS) is 22.6. The molecule has 0 aromatic carbocycles. The van der Waals surface area contributed by atoms with Crippen molar-refractivity contribution in [1.29, 1.82) is 0 Å². The van der Waals surface area contributed by atoms with Gasteiger partial charge in [0.05, 0.1) is 6.61 Å². The molecule has 1 saturated carbocycles. The lowest BCUT2D eigenvalue weighted by atomic mass is 9.85. The first-order chi connectivity index (χ1) is 30.4. The lowest BCUT2D eigenvalue weighted by molar-refractivity contribution is -0.220. The predicted octanol–water partition coefficient (Wildman–Crippen LogP) is 9.05. The predicted molar refractivity (Wildman–Crippen MR) is 248 cm³/mol. The van der Waals surface area contributed by atoms with Crippen LogP contribution in [0.4, 0.5) is 0 Å². The summed E-state index contributed by atoms with van der Waals surface area (Å²) in [6, 6.07) is 0. The third kappa shape index (κ3) is 30.5. The molecule has 13 nitrogen and oxygen atoms in total. The van der Waals surface area contributed by atoms with Gasteiger partial charge in [0.25, 0.3) is 0 Å². The van der Waals surface area contributed by atoms with Gasteiger partial charge in [0.15, 0.2) is 6.10 Å². The van der Waals surface area contributed by atoms with E-state index in [0.29, 0.717) is 19.3 Å². The van der Waals surface area contributed by atoms with Crippen LogP contribution in [0.1, 0.15) is 142 Å². The molecule has 0 amide bonds. The van der Waals surface area contributed by atoms with Crippen molar-refractivity contribution in [2.75, 3.05) is 13.2 Å². The molecule has 14 heteroatoms. The summed E-state index contributed by atoms with van der Waals surface area (Å²) in [5.41, 5.74) is 0. The van der Waals surface area contributed by atoms with Crippen molar-refractivity contribution in [1.82, 2.24) is 0 Å². The van der Waals surface area contributed by atoms with Gasteiger partial charge in [-0.05, 0) is 83.5 Å². The highest BCUT2D eigenvalue weighted by atomic mass is 31.2. The summed E-state index contributed by atoms with van der Waals surface area (Å²) in [7, 11) is -5.14. The van der Waals surface area contributed by atoms with E-state index in [0.717, 1.165) is 96.3 Å². The van der Waals surface area contributed by atoms with Gasteiger partial charge in [0.1, 0.15) is 43.2 Å². The second kappa shape index (κ2) is 38.1. The van der Waals surface area contributed by atoms with Crippen LogP contribution in [0.3, 0.4) is 0 Å². The fraction of sp³-hybridized carbons (Fsp3) is 0.633. The molecule has 6 atom stereocenters. The van der Waals surface area contributed by atoms with Crippen molar-refractivity contribution in [2.45, 2.75) is 185 Å². The number of phosphoric ester groups is 1. The van der Waals surface area contributed by atoms with E-state index in [2.05, 4.69) is 98.9 Å². The van der Waals surface area contributed by atoms with Crippen molar-refractivity contribution >= 4 is 19.8 Å². The number of aliphatic hydroxyl groups is 5. The molecule has 0 aromatic heterocycles. The zero-order valence-electron chi connectivity index (χ0n) is 37.8. The largest absolute Gasteiger partial charge is 0.472 e. The SMILES string of the molecule is CC/C=C\C/C=C\C/C=C\C/C=C\C/C=C\CCCC(=O)OC(COC(=O)CCCCCCCCC/C=C\C/C=C\C/C=C\CC)COP(=O)(O)OC1C(O)C(O)C(O)C(O)C1O. The van der Waals surface area contributed by atoms with Crippen LogP contribution in [-0.4, -0.2) is 98.3 Å². The van der Waals surface area contributed by atoms with Crippen LogP contribution >= 0.6 is 7.82 Å². The summed E-state index contributed by atoms with van der Waals surface area (Å²) in [4.78, 5) is 35.7. The van der Waals surface area contributed by atoms with Gasteiger partial charge in [-0.25, -0.2) is 4.57 Å². The van der Waals surface area contributed by atoms with Crippen LogP contribution in [0, 0.1) is 0 Å². The average Bonchev–Trinajstić information content (AvgIpc) is 3.26. The number of unbranched alkanes of at least 4 members (excludes halogenated alkanes) is 8. The van der Waals surface area contributed by atoms with Crippen LogP contribution in [0.2, 0.25) is 0 Å². The van der Waals surface area contributed by atoms with Gasteiger partial charge >= 0.3 is 19.8 Å². The molecule has 0 aliphatic heterocycles. The zero-order chi connectivity index (χ0) is 46.4. The maximum atomic E-state index is 12.8. The molecule has 6 N–H and O–H groups in total. The van der Waals surface area contributed by atoms with E-state index >= 15 is 0 Å². The second-order valence-corrected chi connectivity index (χ2v) is 16.9. The van der Waals surface area contributed by atoms with E-state index in [1.165, 1.54) is 0 Å². The Morgan fingerprint density at radius 3 is 1.35 bits per heavy atom. The summed E-state index contributed by atoms with van der Waals surface area (Å²) >= 11 is 0.